The van der Waals surface area contributed by atoms with Crippen molar-refractivity contribution in [2.75, 3.05) is 6.54 Å². The van der Waals surface area contributed by atoms with Crippen molar-refractivity contribution in [2.45, 2.75) is 68.9 Å². The van der Waals surface area contributed by atoms with Gasteiger partial charge in [0.25, 0.3) is 5.92 Å². The Morgan fingerprint density at radius 2 is 2.00 bits per heavy atom. The molecule has 1 saturated carbocycles. The summed E-state index contributed by atoms with van der Waals surface area (Å²) >= 11 is 6.13. The Kier molecular flexibility index (Phi) is 7.58. The van der Waals surface area contributed by atoms with Crippen molar-refractivity contribution in [3.05, 3.63) is 52.7 Å². The molecule has 0 bridgehead atoms. The summed E-state index contributed by atoms with van der Waals surface area (Å²) in [6.45, 7) is 3.84. The first-order chi connectivity index (χ1) is 17.7. The number of hydrogen-bond acceptors (Lipinski definition) is 7. The Labute approximate surface area is 224 Å². The summed E-state index contributed by atoms with van der Waals surface area (Å²) in [6.07, 6.45) is -0.288. The molecule has 1 aliphatic heterocycles. The molecule has 2 aliphatic rings. The number of carbonyl (C=O) groups excluding carboxylic acids is 1. The number of likely N-dealkylation sites (tertiary alicyclic amines) is 1. The van der Waals surface area contributed by atoms with Crippen LogP contribution in [-0.4, -0.2) is 59.8 Å². The summed E-state index contributed by atoms with van der Waals surface area (Å²) in [7, 11) is -3.99. The van der Waals surface area contributed by atoms with Gasteiger partial charge >= 0.3 is 6.09 Å². The number of pyridine rings is 1. The molecule has 38 heavy (non-hydrogen) atoms. The molecule has 1 aromatic heterocycles. The molecule has 0 radical (unpaired) electrons. The zero-order chi connectivity index (χ0) is 27.9. The molecular formula is C25H27ClF2N4O5S. The lowest BCUT2D eigenvalue weighted by Gasteiger charge is -2.30. The fourth-order valence-corrected chi connectivity index (χ4v) is 5.89. The van der Waals surface area contributed by atoms with Gasteiger partial charge in [0.15, 0.2) is 0 Å². The molecule has 2 heterocycles. The Bertz CT molecular complexity index is 1370. The highest BCUT2D eigenvalue weighted by Crippen LogP contribution is 2.38. The van der Waals surface area contributed by atoms with Gasteiger partial charge in [-0.1, -0.05) is 23.7 Å². The van der Waals surface area contributed by atoms with E-state index in [-0.39, 0.29) is 28.8 Å². The molecule has 1 aromatic carbocycles. The lowest BCUT2D eigenvalue weighted by Crippen LogP contribution is -2.53. The molecule has 2 fully saturated rings. The van der Waals surface area contributed by atoms with Crippen LogP contribution in [0.4, 0.5) is 13.6 Å². The number of nitrogens with one attached hydrogen (secondary N) is 1. The monoisotopic (exact) mass is 568 g/mol. The molecule has 204 valence electrons. The molecule has 9 nitrogen and oxygen atoms in total. The number of halogens is 3. The van der Waals surface area contributed by atoms with Crippen LogP contribution < -0.4 is 9.46 Å². The number of benzene rings is 1. The second-order valence-electron chi connectivity index (χ2n) is 10.3. The average molecular weight is 569 g/mol. The number of nitriles is 1. The number of sulfonamides is 1. The van der Waals surface area contributed by atoms with Gasteiger partial charge in [-0.05, 0) is 69.9 Å². The molecule has 1 N–H and O–H groups in total. The van der Waals surface area contributed by atoms with Crippen molar-refractivity contribution >= 4 is 27.7 Å². The molecule has 13 heteroatoms. The van der Waals surface area contributed by atoms with Gasteiger partial charge in [0.05, 0.1) is 17.8 Å². The van der Waals surface area contributed by atoms with E-state index in [0.29, 0.717) is 18.4 Å². The van der Waals surface area contributed by atoms with Gasteiger partial charge in [-0.15, -0.1) is 0 Å². The first-order valence-corrected chi connectivity index (χ1v) is 13.8. The number of ether oxygens (including phenoxy) is 2. The second kappa shape index (κ2) is 10.3. The van der Waals surface area contributed by atoms with Crippen LogP contribution in [0.2, 0.25) is 5.02 Å². The number of nitrogens with zero attached hydrogens (tertiary/aromatic N) is 3. The highest BCUT2D eigenvalue weighted by Gasteiger charge is 2.58. The van der Waals surface area contributed by atoms with E-state index in [1.165, 1.54) is 12.1 Å². The van der Waals surface area contributed by atoms with E-state index in [9.17, 15) is 13.2 Å². The smallest absolute Gasteiger partial charge is 0.410 e. The van der Waals surface area contributed by atoms with Crippen LogP contribution in [0.1, 0.15) is 44.9 Å². The predicted molar refractivity (Wildman–Crippen MR) is 135 cm³/mol. The van der Waals surface area contributed by atoms with Crippen LogP contribution >= 0.6 is 11.6 Å². The summed E-state index contributed by atoms with van der Waals surface area (Å²) in [4.78, 5) is 17.8. The number of amides is 1. The Morgan fingerprint density at radius 3 is 2.63 bits per heavy atom. The van der Waals surface area contributed by atoms with Gasteiger partial charge in [0, 0.05) is 0 Å². The SMILES string of the molecule is CC(C)(C)OC(=O)N1CC(F)(F)[C@H](NS(=O)(=O)C2CC2)[C@@H]1Cc1cccc(Oc2nc(C#N)ccc2Cl)c1. The van der Waals surface area contributed by atoms with Crippen molar-refractivity contribution in [2.24, 2.45) is 0 Å². The van der Waals surface area contributed by atoms with Crippen LogP contribution in [0.5, 0.6) is 11.6 Å². The summed E-state index contributed by atoms with van der Waals surface area (Å²) in [5.41, 5.74) is -0.366. The largest absolute Gasteiger partial charge is 0.444 e. The molecule has 2 aromatic rings. The molecule has 1 saturated heterocycles. The van der Waals surface area contributed by atoms with Crippen molar-refractivity contribution in [3.8, 4) is 17.7 Å². The van der Waals surface area contributed by atoms with Crippen LogP contribution in [0.25, 0.3) is 0 Å². The van der Waals surface area contributed by atoms with Crippen LogP contribution in [0.3, 0.4) is 0 Å². The van der Waals surface area contributed by atoms with Crippen molar-refractivity contribution in [1.82, 2.24) is 14.6 Å². The van der Waals surface area contributed by atoms with Gasteiger partial charge in [0.2, 0.25) is 15.9 Å². The quantitative estimate of drug-likeness (QED) is 0.516. The third-order valence-electron chi connectivity index (χ3n) is 5.99. The number of aromatic nitrogens is 1. The number of carbonyl (C=O) groups is 1. The lowest BCUT2D eigenvalue weighted by atomic mass is 9.99. The fourth-order valence-electron chi connectivity index (χ4n) is 4.12. The fraction of sp³-hybridized carbons (Fsp3) is 0.480. The minimum Gasteiger partial charge on any atom is -0.444 e. The first kappa shape index (κ1) is 28.0. The third kappa shape index (κ3) is 6.51. The minimum atomic E-state index is -3.99. The Hall–Kier alpha value is -3.01. The van der Waals surface area contributed by atoms with Gasteiger partial charge in [-0.25, -0.2) is 31.7 Å². The maximum absolute atomic E-state index is 15.3. The average Bonchev–Trinajstić information content (AvgIpc) is 3.64. The van der Waals surface area contributed by atoms with Gasteiger partial charge < -0.3 is 9.47 Å². The number of rotatable bonds is 7. The lowest BCUT2D eigenvalue weighted by molar-refractivity contribution is -0.0123. The normalized spacial score (nSPS) is 21.1. The maximum atomic E-state index is 15.3. The van der Waals surface area contributed by atoms with E-state index in [1.54, 1.807) is 45.0 Å². The molecule has 4 rings (SSSR count). The van der Waals surface area contributed by atoms with Crippen LogP contribution in [0, 0.1) is 11.3 Å². The van der Waals surface area contributed by atoms with Crippen molar-refractivity contribution in [3.63, 3.8) is 0 Å². The third-order valence-corrected chi connectivity index (χ3v) is 8.21. The number of alkyl halides is 2. The summed E-state index contributed by atoms with van der Waals surface area (Å²) in [5.74, 6) is -3.29. The second-order valence-corrected chi connectivity index (χ2v) is 12.7. The zero-order valence-corrected chi connectivity index (χ0v) is 22.5. The standard InChI is InChI=1S/C25H27ClF2N4O5S/c1-24(2,3)37-23(33)32-14-25(27,28)21(31-38(34,35)18-8-9-18)20(32)12-15-5-4-6-17(11-15)36-22-19(26)10-7-16(13-29)30-22/h4-7,10-11,18,20-21,31H,8-9,12,14H2,1-3H3/t20-,21+/m0/s1. The van der Waals surface area contributed by atoms with E-state index >= 15 is 8.78 Å². The summed E-state index contributed by atoms with van der Waals surface area (Å²) < 4.78 is 69.1. The first-order valence-electron chi connectivity index (χ1n) is 11.9. The molecule has 0 unspecified atom stereocenters. The van der Waals surface area contributed by atoms with E-state index in [1.807, 2.05) is 6.07 Å². The molecule has 2 atom stereocenters. The van der Waals surface area contributed by atoms with Crippen molar-refractivity contribution < 1.29 is 31.5 Å². The summed E-state index contributed by atoms with van der Waals surface area (Å²) in [6, 6.07) is 8.07. The van der Waals surface area contributed by atoms with E-state index in [2.05, 4.69) is 9.71 Å². The highest BCUT2D eigenvalue weighted by molar-refractivity contribution is 7.90. The highest BCUT2D eigenvalue weighted by atomic mass is 35.5. The molecule has 0 spiro atoms. The van der Waals surface area contributed by atoms with E-state index < -0.39 is 51.5 Å². The Balaban J connectivity index is 1.64. The van der Waals surface area contributed by atoms with E-state index in [0.717, 1.165) is 4.90 Å². The van der Waals surface area contributed by atoms with Crippen LogP contribution in [-0.2, 0) is 21.2 Å². The predicted octanol–water partition coefficient (Wildman–Crippen LogP) is 4.65. The van der Waals surface area contributed by atoms with Gasteiger partial charge in [-0.3, -0.25) is 4.90 Å². The van der Waals surface area contributed by atoms with Crippen LogP contribution in [0.15, 0.2) is 36.4 Å². The molecule has 1 aliphatic carbocycles. The van der Waals surface area contributed by atoms with Gasteiger partial charge in [0.1, 0.15) is 34.2 Å². The summed E-state index contributed by atoms with van der Waals surface area (Å²) in [5, 5.41) is 8.53. The van der Waals surface area contributed by atoms with Gasteiger partial charge in [-0.2, -0.15) is 5.26 Å². The Morgan fingerprint density at radius 1 is 1.29 bits per heavy atom. The minimum absolute atomic E-state index is 0.0132. The zero-order valence-electron chi connectivity index (χ0n) is 20.9. The number of hydrogen-bond donors (Lipinski definition) is 1. The van der Waals surface area contributed by atoms with Crippen molar-refractivity contribution in [1.29, 1.82) is 5.26 Å². The maximum Gasteiger partial charge on any atom is 0.410 e. The topological polar surface area (TPSA) is 122 Å². The molecular weight excluding hydrogens is 542 g/mol. The van der Waals surface area contributed by atoms with E-state index in [4.69, 9.17) is 26.3 Å². The molecule has 1 amide bonds.